The zero-order valence-corrected chi connectivity index (χ0v) is 12.0. The van der Waals surface area contributed by atoms with Gasteiger partial charge in [-0.3, -0.25) is 0 Å². The fourth-order valence-electron chi connectivity index (χ4n) is 2.07. The third-order valence-electron chi connectivity index (χ3n) is 3.16. The van der Waals surface area contributed by atoms with Crippen molar-refractivity contribution in [2.75, 3.05) is 20.3 Å². The van der Waals surface area contributed by atoms with E-state index in [-0.39, 0.29) is 6.10 Å². The van der Waals surface area contributed by atoms with Gasteiger partial charge in [0.15, 0.2) is 5.75 Å². The largest absolute Gasteiger partial charge is 0.487 e. The van der Waals surface area contributed by atoms with E-state index in [9.17, 15) is 0 Å². The van der Waals surface area contributed by atoms with Gasteiger partial charge < -0.3 is 14.8 Å². The minimum atomic E-state index is 0.215. The van der Waals surface area contributed by atoms with Crippen LogP contribution in [-0.2, 0) is 11.3 Å². The minimum Gasteiger partial charge on any atom is -0.487 e. The first kappa shape index (κ1) is 14.2. The minimum absolute atomic E-state index is 0.215. The number of hydrogen-bond acceptors (Lipinski definition) is 5. The molecule has 1 aliphatic rings. The number of nitrogens with one attached hydrogen (secondary N) is 1. The molecule has 1 aromatic rings. The number of ether oxygens (including phenoxy) is 2. The molecule has 0 radical (unpaired) electrons. The van der Waals surface area contributed by atoms with Gasteiger partial charge in [-0.15, -0.1) is 0 Å². The van der Waals surface area contributed by atoms with Crippen molar-refractivity contribution in [3.63, 3.8) is 0 Å². The Labute approximate surface area is 114 Å². The Morgan fingerprint density at radius 1 is 1.53 bits per heavy atom. The molecule has 2 heterocycles. The molecule has 1 aromatic heterocycles. The van der Waals surface area contributed by atoms with Gasteiger partial charge in [-0.05, 0) is 19.9 Å². The van der Waals surface area contributed by atoms with E-state index in [1.165, 1.54) is 0 Å². The van der Waals surface area contributed by atoms with Gasteiger partial charge in [0.1, 0.15) is 12.4 Å². The molecule has 19 heavy (non-hydrogen) atoms. The number of hydrogen-bond donors (Lipinski definition) is 1. The van der Waals surface area contributed by atoms with E-state index >= 15 is 0 Å². The van der Waals surface area contributed by atoms with Crippen LogP contribution in [0.25, 0.3) is 0 Å². The van der Waals surface area contributed by atoms with Crippen molar-refractivity contribution >= 4 is 0 Å². The Morgan fingerprint density at radius 3 is 3.00 bits per heavy atom. The Hall–Kier alpha value is -1.20. The summed E-state index contributed by atoms with van der Waals surface area (Å²) in [5.41, 5.74) is 0.916. The Balaban J connectivity index is 2.04. The average molecular weight is 265 g/mol. The van der Waals surface area contributed by atoms with Crippen LogP contribution in [0.4, 0.5) is 0 Å². The molecule has 0 saturated carbocycles. The number of aromatic nitrogens is 2. The lowest BCUT2D eigenvalue weighted by Crippen LogP contribution is -2.19. The van der Waals surface area contributed by atoms with Crippen LogP contribution in [0, 0.1) is 0 Å². The van der Waals surface area contributed by atoms with Gasteiger partial charge in [0.05, 0.1) is 18.0 Å². The molecule has 0 spiro atoms. The first-order valence-electron chi connectivity index (χ1n) is 6.95. The van der Waals surface area contributed by atoms with E-state index in [4.69, 9.17) is 9.47 Å². The molecular formula is C14H23N3O2. The number of nitrogens with zero attached hydrogens (tertiary/aromatic N) is 2. The van der Waals surface area contributed by atoms with Crippen molar-refractivity contribution in [3.8, 4) is 5.75 Å². The van der Waals surface area contributed by atoms with Gasteiger partial charge in [0.25, 0.3) is 0 Å². The topological polar surface area (TPSA) is 56.3 Å². The fraction of sp³-hybridized carbons (Fsp3) is 0.714. The third-order valence-corrected chi connectivity index (χ3v) is 3.16. The highest BCUT2D eigenvalue weighted by atomic mass is 16.5. The van der Waals surface area contributed by atoms with Gasteiger partial charge in [0, 0.05) is 19.1 Å². The van der Waals surface area contributed by atoms with E-state index in [0.29, 0.717) is 19.1 Å². The smallest absolute Gasteiger partial charge is 0.160 e. The zero-order chi connectivity index (χ0) is 13.7. The van der Waals surface area contributed by atoms with Gasteiger partial charge in [-0.1, -0.05) is 13.8 Å². The molecule has 0 bridgehead atoms. The molecule has 0 amide bonds. The van der Waals surface area contributed by atoms with Crippen LogP contribution in [0.2, 0.25) is 0 Å². The molecular weight excluding hydrogens is 242 g/mol. The maximum Gasteiger partial charge on any atom is 0.160 e. The summed E-state index contributed by atoms with van der Waals surface area (Å²) in [5.74, 6) is 1.94. The van der Waals surface area contributed by atoms with Crippen molar-refractivity contribution in [1.29, 1.82) is 0 Å². The summed E-state index contributed by atoms with van der Waals surface area (Å²) in [6.07, 6.45) is 4.20. The van der Waals surface area contributed by atoms with Crippen LogP contribution in [0.1, 0.15) is 44.1 Å². The first-order valence-corrected chi connectivity index (χ1v) is 6.95. The van der Waals surface area contributed by atoms with Gasteiger partial charge in [0.2, 0.25) is 0 Å². The summed E-state index contributed by atoms with van der Waals surface area (Å²) in [6, 6.07) is 0. The van der Waals surface area contributed by atoms with Crippen LogP contribution in [0.5, 0.6) is 5.75 Å². The van der Waals surface area contributed by atoms with Crippen LogP contribution in [0.15, 0.2) is 6.20 Å². The maximum atomic E-state index is 5.82. The quantitative estimate of drug-likeness (QED) is 0.851. The van der Waals surface area contributed by atoms with Crippen molar-refractivity contribution in [2.24, 2.45) is 0 Å². The Bertz CT molecular complexity index is 404. The molecule has 0 aliphatic carbocycles. The first-order chi connectivity index (χ1) is 9.20. The van der Waals surface area contributed by atoms with E-state index in [2.05, 4.69) is 29.1 Å². The highest BCUT2D eigenvalue weighted by molar-refractivity contribution is 5.25. The molecule has 1 fully saturated rings. The van der Waals surface area contributed by atoms with Crippen molar-refractivity contribution < 1.29 is 9.47 Å². The second-order valence-electron chi connectivity index (χ2n) is 5.17. The SMILES string of the molecule is CNCc1nc(C(C)C)ncc1OCC1CCCO1. The van der Waals surface area contributed by atoms with Gasteiger partial charge in [-0.2, -0.15) is 0 Å². The molecule has 1 atom stereocenters. The van der Waals surface area contributed by atoms with E-state index < -0.39 is 0 Å². The predicted octanol–water partition coefficient (Wildman–Crippen LogP) is 1.88. The van der Waals surface area contributed by atoms with Crippen molar-refractivity contribution in [2.45, 2.75) is 45.3 Å². The summed E-state index contributed by atoms with van der Waals surface area (Å²) in [4.78, 5) is 8.93. The standard InChI is InChI=1S/C14H23N3O2/c1-10(2)14-16-8-13(12(17-14)7-15-3)19-9-11-5-4-6-18-11/h8,10-11,15H,4-7,9H2,1-3H3. The third kappa shape index (κ3) is 3.88. The van der Waals surface area contributed by atoms with E-state index in [1.54, 1.807) is 6.20 Å². The average Bonchev–Trinajstić information content (AvgIpc) is 2.90. The monoisotopic (exact) mass is 265 g/mol. The predicted molar refractivity (Wildman–Crippen MR) is 73.4 cm³/mol. The number of rotatable bonds is 6. The molecule has 1 N–H and O–H groups in total. The second-order valence-corrected chi connectivity index (χ2v) is 5.17. The van der Waals surface area contributed by atoms with Gasteiger partial charge in [-0.25, -0.2) is 9.97 Å². The molecule has 1 unspecified atom stereocenters. The van der Waals surface area contributed by atoms with Crippen molar-refractivity contribution in [3.05, 3.63) is 17.7 Å². The van der Waals surface area contributed by atoms with Crippen LogP contribution < -0.4 is 10.1 Å². The molecule has 5 heteroatoms. The molecule has 1 aliphatic heterocycles. The Morgan fingerprint density at radius 2 is 2.37 bits per heavy atom. The summed E-state index contributed by atoms with van der Waals surface area (Å²) in [5, 5.41) is 3.12. The van der Waals surface area contributed by atoms with Crippen LogP contribution >= 0.6 is 0 Å². The summed E-state index contributed by atoms with van der Waals surface area (Å²) in [6.45, 7) is 6.29. The molecule has 106 valence electrons. The lowest BCUT2D eigenvalue weighted by Gasteiger charge is -2.15. The lowest BCUT2D eigenvalue weighted by atomic mass is 10.2. The van der Waals surface area contributed by atoms with Crippen LogP contribution in [-0.4, -0.2) is 36.3 Å². The normalized spacial score (nSPS) is 19.1. The molecule has 5 nitrogen and oxygen atoms in total. The van der Waals surface area contributed by atoms with E-state index in [1.807, 2.05) is 7.05 Å². The fourth-order valence-corrected chi connectivity index (χ4v) is 2.07. The van der Waals surface area contributed by atoms with Crippen LogP contribution in [0.3, 0.4) is 0 Å². The highest BCUT2D eigenvalue weighted by Gasteiger charge is 2.17. The van der Waals surface area contributed by atoms with Crippen molar-refractivity contribution in [1.82, 2.24) is 15.3 Å². The summed E-state index contributed by atoms with van der Waals surface area (Å²) in [7, 11) is 1.90. The molecule has 2 rings (SSSR count). The second kappa shape index (κ2) is 6.82. The van der Waals surface area contributed by atoms with Gasteiger partial charge >= 0.3 is 0 Å². The van der Waals surface area contributed by atoms with E-state index in [0.717, 1.165) is 36.7 Å². The summed E-state index contributed by atoms with van der Waals surface area (Å²) < 4.78 is 11.4. The summed E-state index contributed by atoms with van der Waals surface area (Å²) >= 11 is 0. The zero-order valence-electron chi connectivity index (χ0n) is 12.0. The maximum absolute atomic E-state index is 5.82. The molecule has 0 aromatic carbocycles. The molecule has 1 saturated heterocycles. The Kier molecular flexibility index (Phi) is 5.10. The highest BCUT2D eigenvalue weighted by Crippen LogP contribution is 2.20. The lowest BCUT2D eigenvalue weighted by molar-refractivity contribution is 0.0672.